The first-order valence-corrected chi connectivity index (χ1v) is 6.32. The van der Waals surface area contributed by atoms with E-state index in [0.29, 0.717) is 0 Å². The van der Waals surface area contributed by atoms with Crippen LogP contribution >= 0.6 is 0 Å². The van der Waals surface area contributed by atoms with Crippen LogP contribution in [0.5, 0.6) is 0 Å². The number of fused-ring (bicyclic) bond motifs is 4. The van der Waals surface area contributed by atoms with Gasteiger partial charge in [0.25, 0.3) is 0 Å². The molecule has 2 N–H and O–H groups in total. The topological polar surface area (TPSA) is 24.1 Å². The lowest BCUT2D eigenvalue weighted by molar-refractivity contribution is 0.902. The van der Waals surface area contributed by atoms with E-state index in [2.05, 4.69) is 59.2 Å². The van der Waals surface area contributed by atoms with Crippen molar-refractivity contribution >= 4 is 22.5 Å². The number of anilines is 2. The van der Waals surface area contributed by atoms with E-state index in [1.807, 2.05) is 0 Å². The highest BCUT2D eigenvalue weighted by molar-refractivity contribution is 6.03. The van der Waals surface area contributed by atoms with E-state index in [1.54, 1.807) is 0 Å². The van der Waals surface area contributed by atoms with Crippen LogP contribution in [0, 0.1) is 0 Å². The molecular weight excluding hydrogens is 220 g/mol. The Bertz CT molecular complexity index is 600. The van der Waals surface area contributed by atoms with Crippen molar-refractivity contribution in [3.8, 4) is 0 Å². The summed E-state index contributed by atoms with van der Waals surface area (Å²) in [6.07, 6.45) is 0. The zero-order valence-electron chi connectivity index (χ0n) is 10.0. The Morgan fingerprint density at radius 1 is 0.667 bits per heavy atom. The molecule has 2 nitrogen and oxygen atoms in total. The summed E-state index contributed by atoms with van der Waals surface area (Å²) in [5, 5.41) is 7.03. The third kappa shape index (κ3) is 1.33. The second kappa shape index (κ2) is 3.72. The van der Waals surface area contributed by atoms with Gasteiger partial charge in [-0.1, -0.05) is 36.4 Å². The first-order chi connectivity index (χ1) is 8.93. The van der Waals surface area contributed by atoms with Gasteiger partial charge in [-0.25, -0.2) is 0 Å². The van der Waals surface area contributed by atoms with Crippen LogP contribution in [0.1, 0.15) is 11.1 Å². The van der Waals surface area contributed by atoms with Gasteiger partial charge in [0.2, 0.25) is 0 Å². The van der Waals surface area contributed by atoms with E-state index in [0.717, 1.165) is 13.1 Å². The molecule has 0 aliphatic carbocycles. The van der Waals surface area contributed by atoms with E-state index >= 15 is 0 Å². The second-order valence-corrected chi connectivity index (χ2v) is 4.78. The van der Waals surface area contributed by atoms with E-state index < -0.39 is 0 Å². The minimum Gasteiger partial charge on any atom is -0.355 e. The van der Waals surface area contributed by atoms with Crippen LogP contribution in [-0.4, -0.2) is 13.1 Å². The van der Waals surface area contributed by atoms with Gasteiger partial charge in [0, 0.05) is 35.6 Å². The van der Waals surface area contributed by atoms with Gasteiger partial charge >= 0.3 is 0 Å². The molecule has 0 amide bonds. The maximum absolute atomic E-state index is 3.56. The number of benzene rings is 2. The Hall–Kier alpha value is -2.06. The summed E-state index contributed by atoms with van der Waals surface area (Å²) in [6.45, 7) is 1.92. The standard InChI is InChI=1S/C16H14N2/c1-3-7-15-11(5-1)13-9-17-10-14(13)12-6-2-4-8-16(12)18-15/h1-8,17-18H,9-10H2. The third-order valence-corrected chi connectivity index (χ3v) is 3.74. The summed E-state index contributed by atoms with van der Waals surface area (Å²) in [7, 11) is 0. The molecule has 0 saturated heterocycles. The Labute approximate surface area is 106 Å². The Kier molecular flexibility index (Phi) is 2.05. The van der Waals surface area contributed by atoms with Crippen molar-refractivity contribution in [2.45, 2.75) is 0 Å². The molecule has 0 spiro atoms. The summed E-state index contributed by atoms with van der Waals surface area (Å²) in [4.78, 5) is 0. The fourth-order valence-electron chi connectivity index (χ4n) is 2.90. The van der Waals surface area contributed by atoms with Crippen molar-refractivity contribution in [1.82, 2.24) is 5.32 Å². The van der Waals surface area contributed by atoms with Crippen LogP contribution in [-0.2, 0) is 0 Å². The molecule has 88 valence electrons. The predicted octanol–water partition coefficient (Wildman–Crippen LogP) is 3.26. The van der Waals surface area contributed by atoms with Crippen LogP contribution in [0.3, 0.4) is 0 Å². The molecule has 2 aromatic rings. The maximum atomic E-state index is 3.56. The van der Waals surface area contributed by atoms with Gasteiger partial charge in [-0.3, -0.25) is 0 Å². The van der Waals surface area contributed by atoms with Gasteiger partial charge in [-0.15, -0.1) is 0 Å². The Morgan fingerprint density at radius 2 is 1.17 bits per heavy atom. The first-order valence-electron chi connectivity index (χ1n) is 6.32. The van der Waals surface area contributed by atoms with Crippen LogP contribution in [0.4, 0.5) is 11.4 Å². The van der Waals surface area contributed by atoms with Gasteiger partial charge in [-0.05, 0) is 23.3 Å². The average molecular weight is 234 g/mol. The highest BCUT2D eigenvalue weighted by Crippen LogP contribution is 2.40. The third-order valence-electron chi connectivity index (χ3n) is 3.74. The molecule has 2 heteroatoms. The second-order valence-electron chi connectivity index (χ2n) is 4.78. The lowest BCUT2D eigenvalue weighted by atomic mass is 9.97. The minimum atomic E-state index is 0.961. The van der Waals surface area contributed by atoms with Gasteiger partial charge in [-0.2, -0.15) is 0 Å². The van der Waals surface area contributed by atoms with Gasteiger partial charge < -0.3 is 10.6 Å². The summed E-state index contributed by atoms with van der Waals surface area (Å²) in [5.74, 6) is 0. The zero-order chi connectivity index (χ0) is 11.9. The van der Waals surface area contributed by atoms with Crippen LogP contribution in [0.25, 0.3) is 11.1 Å². The molecule has 2 aliphatic rings. The Morgan fingerprint density at radius 3 is 1.72 bits per heavy atom. The molecule has 2 aliphatic heterocycles. The van der Waals surface area contributed by atoms with Crippen molar-refractivity contribution < 1.29 is 0 Å². The highest BCUT2D eigenvalue weighted by Gasteiger charge is 2.23. The quantitative estimate of drug-likeness (QED) is 0.731. The van der Waals surface area contributed by atoms with E-state index in [-0.39, 0.29) is 0 Å². The molecule has 0 bridgehead atoms. The largest absolute Gasteiger partial charge is 0.355 e. The van der Waals surface area contributed by atoms with Crippen molar-refractivity contribution in [2.24, 2.45) is 0 Å². The highest BCUT2D eigenvalue weighted by atomic mass is 14.9. The van der Waals surface area contributed by atoms with Crippen molar-refractivity contribution in [1.29, 1.82) is 0 Å². The fraction of sp³-hybridized carbons (Fsp3) is 0.125. The molecule has 0 radical (unpaired) electrons. The molecular formula is C16H14N2. The number of nitrogens with one attached hydrogen (secondary N) is 2. The SMILES string of the molecule is c1ccc2c(c1)Nc1ccccc1C1=C2CNC1. The first kappa shape index (κ1) is 9.92. The van der Waals surface area contributed by atoms with Gasteiger partial charge in [0.15, 0.2) is 0 Å². The van der Waals surface area contributed by atoms with Crippen molar-refractivity contribution in [3.63, 3.8) is 0 Å². The summed E-state index contributed by atoms with van der Waals surface area (Å²) in [5.41, 5.74) is 7.94. The van der Waals surface area contributed by atoms with E-state index in [4.69, 9.17) is 0 Å². The van der Waals surface area contributed by atoms with Gasteiger partial charge in [0.05, 0.1) is 0 Å². The minimum absolute atomic E-state index is 0.961. The fourth-order valence-corrected chi connectivity index (χ4v) is 2.90. The van der Waals surface area contributed by atoms with Crippen LogP contribution in [0.2, 0.25) is 0 Å². The summed E-state index contributed by atoms with van der Waals surface area (Å²) < 4.78 is 0. The van der Waals surface area contributed by atoms with Crippen molar-refractivity contribution in [3.05, 3.63) is 59.7 Å². The summed E-state index contributed by atoms with van der Waals surface area (Å²) >= 11 is 0. The molecule has 0 fully saturated rings. The number of para-hydroxylation sites is 2. The predicted molar refractivity (Wildman–Crippen MR) is 75.9 cm³/mol. The lowest BCUT2D eigenvalue weighted by Gasteiger charge is -2.11. The number of hydrogen-bond acceptors (Lipinski definition) is 2. The molecule has 0 atom stereocenters. The molecule has 2 heterocycles. The zero-order valence-corrected chi connectivity index (χ0v) is 10.0. The molecule has 0 unspecified atom stereocenters. The summed E-state index contributed by atoms with van der Waals surface area (Å²) in [6, 6.07) is 17.1. The van der Waals surface area contributed by atoms with Crippen LogP contribution < -0.4 is 10.6 Å². The van der Waals surface area contributed by atoms with E-state index in [1.165, 1.54) is 33.6 Å². The number of rotatable bonds is 0. The molecule has 18 heavy (non-hydrogen) atoms. The normalized spacial score (nSPS) is 16.4. The molecule has 0 aromatic heterocycles. The maximum Gasteiger partial charge on any atom is 0.0461 e. The van der Waals surface area contributed by atoms with Gasteiger partial charge in [0.1, 0.15) is 0 Å². The monoisotopic (exact) mass is 234 g/mol. The van der Waals surface area contributed by atoms with Crippen LogP contribution in [0.15, 0.2) is 48.5 Å². The molecule has 0 saturated carbocycles. The lowest BCUT2D eigenvalue weighted by Crippen LogP contribution is -2.10. The molecule has 2 aromatic carbocycles. The Balaban J connectivity index is 2.05. The smallest absolute Gasteiger partial charge is 0.0461 e. The van der Waals surface area contributed by atoms with E-state index in [9.17, 15) is 0 Å². The number of hydrogen-bond donors (Lipinski definition) is 2. The average Bonchev–Trinajstić information content (AvgIpc) is 2.84. The van der Waals surface area contributed by atoms with Crippen molar-refractivity contribution in [2.75, 3.05) is 18.4 Å². The molecule has 4 rings (SSSR count).